The second-order valence-electron chi connectivity index (χ2n) is 4.66. The third kappa shape index (κ3) is 3.74. The topological polar surface area (TPSA) is 132 Å². The van der Waals surface area contributed by atoms with Crippen LogP contribution in [0.3, 0.4) is 0 Å². The molecule has 134 valence electrons. The normalized spacial score (nSPS) is 11.4. The molecule has 0 spiro atoms. The number of hydrogen-bond acceptors (Lipinski definition) is 7. The van der Waals surface area contributed by atoms with Crippen LogP contribution < -0.4 is 0 Å². The van der Waals surface area contributed by atoms with Gasteiger partial charge in [-0.2, -0.15) is 4.31 Å². The second kappa shape index (κ2) is 7.45. The zero-order valence-electron chi connectivity index (χ0n) is 13.6. The van der Waals surface area contributed by atoms with E-state index >= 15 is 0 Å². The molecule has 0 aliphatic heterocycles. The van der Waals surface area contributed by atoms with Crippen LogP contribution in [0, 0.1) is 0 Å². The molecule has 0 radical (unpaired) electrons. The Bertz CT molecular complexity index is 765. The van der Waals surface area contributed by atoms with Crippen LogP contribution in [-0.2, 0) is 31.3 Å². The van der Waals surface area contributed by atoms with Gasteiger partial charge >= 0.3 is 17.9 Å². The fourth-order valence-corrected chi connectivity index (χ4v) is 3.26. The van der Waals surface area contributed by atoms with Crippen molar-refractivity contribution in [2.24, 2.45) is 7.05 Å². The summed E-state index contributed by atoms with van der Waals surface area (Å²) in [5, 5.41) is 9.30. The molecule has 0 atom stereocenters. The van der Waals surface area contributed by atoms with Gasteiger partial charge in [0.2, 0.25) is 10.0 Å². The number of sulfonamides is 1. The summed E-state index contributed by atoms with van der Waals surface area (Å²) < 4.78 is 35.8. The molecule has 0 amide bonds. The number of carboxylic acid groups (broad SMARTS) is 1. The highest BCUT2D eigenvalue weighted by Crippen LogP contribution is 2.24. The number of rotatable bonds is 7. The van der Waals surface area contributed by atoms with E-state index in [-0.39, 0.29) is 12.3 Å². The Morgan fingerprint density at radius 2 is 1.92 bits per heavy atom. The van der Waals surface area contributed by atoms with Crippen molar-refractivity contribution in [3.8, 4) is 0 Å². The highest BCUT2D eigenvalue weighted by atomic mass is 32.2. The minimum atomic E-state index is -4.35. The van der Waals surface area contributed by atoms with Gasteiger partial charge in [-0.05, 0) is 13.0 Å². The van der Waals surface area contributed by atoms with E-state index in [2.05, 4.69) is 4.74 Å². The molecule has 0 unspecified atom stereocenters. The number of aromatic nitrogens is 1. The van der Waals surface area contributed by atoms with Crippen LogP contribution in [0.15, 0.2) is 11.0 Å². The van der Waals surface area contributed by atoms with Crippen LogP contribution >= 0.6 is 0 Å². The summed E-state index contributed by atoms with van der Waals surface area (Å²) in [6.45, 7) is 0.985. The number of nitrogens with zero attached hydrogens (tertiary/aromatic N) is 2. The molecule has 0 bridgehead atoms. The summed E-state index contributed by atoms with van der Waals surface area (Å²) in [6.07, 6.45) is 0. The van der Waals surface area contributed by atoms with Crippen molar-refractivity contribution in [3.05, 3.63) is 17.5 Å². The van der Waals surface area contributed by atoms with Crippen molar-refractivity contribution in [2.45, 2.75) is 11.8 Å². The predicted molar refractivity (Wildman–Crippen MR) is 80.2 cm³/mol. The summed E-state index contributed by atoms with van der Waals surface area (Å²) in [7, 11) is -0.933. The van der Waals surface area contributed by atoms with Gasteiger partial charge in [-0.25, -0.2) is 18.0 Å². The molecule has 0 fully saturated rings. The van der Waals surface area contributed by atoms with E-state index < -0.39 is 45.1 Å². The highest BCUT2D eigenvalue weighted by molar-refractivity contribution is 7.89. The lowest BCUT2D eigenvalue weighted by Gasteiger charge is -2.15. The average molecular weight is 362 g/mol. The van der Waals surface area contributed by atoms with Crippen molar-refractivity contribution < 1.29 is 37.4 Å². The lowest BCUT2D eigenvalue weighted by atomic mass is 10.4. The third-order valence-corrected chi connectivity index (χ3v) is 4.97. The van der Waals surface area contributed by atoms with Gasteiger partial charge in [0.1, 0.15) is 22.8 Å². The van der Waals surface area contributed by atoms with Crippen molar-refractivity contribution in [1.29, 1.82) is 0 Å². The van der Waals surface area contributed by atoms with Crippen LogP contribution in [0.4, 0.5) is 0 Å². The maximum atomic E-state index is 12.5. The van der Waals surface area contributed by atoms with Gasteiger partial charge in [0.15, 0.2) is 0 Å². The molecule has 24 heavy (non-hydrogen) atoms. The van der Waals surface area contributed by atoms with E-state index in [1.807, 2.05) is 0 Å². The van der Waals surface area contributed by atoms with E-state index in [0.717, 1.165) is 24.8 Å². The molecule has 1 aromatic rings. The van der Waals surface area contributed by atoms with Crippen molar-refractivity contribution in [3.63, 3.8) is 0 Å². The summed E-state index contributed by atoms with van der Waals surface area (Å²) in [5.41, 5.74) is -0.853. The fourth-order valence-electron chi connectivity index (χ4n) is 1.92. The molecular formula is C13H18N2O8S. The van der Waals surface area contributed by atoms with Gasteiger partial charge < -0.3 is 19.1 Å². The third-order valence-electron chi connectivity index (χ3n) is 3.15. The van der Waals surface area contributed by atoms with Crippen molar-refractivity contribution >= 4 is 27.9 Å². The Kier molecular flexibility index (Phi) is 6.10. The van der Waals surface area contributed by atoms with E-state index in [9.17, 15) is 27.9 Å². The van der Waals surface area contributed by atoms with Gasteiger partial charge in [0.25, 0.3) is 0 Å². The molecule has 1 aromatic heterocycles. The number of carbonyl (C=O) groups excluding carboxylic acids is 2. The Hall–Kier alpha value is -2.40. The van der Waals surface area contributed by atoms with Gasteiger partial charge in [0, 0.05) is 14.1 Å². The molecular weight excluding hydrogens is 344 g/mol. The first-order valence-electron chi connectivity index (χ1n) is 6.71. The number of ether oxygens (including phenoxy) is 2. The van der Waals surface area contributed by atoms with Gasteiger partial charge in [-0.1, -0.05) is 0 Å². The average Bonchev–Trinajstić information content (AvgIpc) is 2.85. The number of likely N-dealkylation sites (N-methyl/N-ethyl adjacent to an activating group) is 1. The minimum absolute atomic E-state index is 0.0384. The quantitative estimate of drug-likeness (QED) is 0.654. The Balaban J connectivity index is 3.46. The monoisotopic (exact) mass is 362 g/mol. The van der Waals surface area contributed by atoms with Gasteiger partial charge in [-0.3, -0.25) is 4.79 Å². The van der Waals surface area contributed by atoms with Gasteiger partial charge in [0.05, 0.1) is 13.7 Å². The standard InChI is InChI=1S/C13H18N2O8S/c1-5-23-13(19)8-6-9(11(12(17)18)15(8)3)24(20,21)14(2)7-10(16)22-4/h6H,5,7H2,1-4H3,(H,17,18). The number of esters is 2. The lowest BCUT2D eigenvalue weighted by molar-refractivity contribution is -0.140. The molecule has 0 aliphatic rings. The number of carboxylic acids is 1. The maximum absolute atomic E-state index is 12.5. The number of carbonyl (C=O) groups is 3. The first-order valence-corrected chi connectivity index (χ1v) is 8.15. The summed E-state index contributed by atoms with van der Waals surface area (Å²) in [5.74, 6) is -3.22. The number of hydrogen-bond donors (Lipinski definition) is 1. The maximum Gasteiger partial charge on any atom is 0.354 e. The van der Waals surface area contributed by atoms with Crippen molar-refractivity contribution in [1.82, 2.24) is 8.87 Å². The Labute approximate surface area is 138 Å². The SMILES string of the molecule is CCOC(=O)c1cc(S(=O)(=O)N(C)CC(=O)OC)c(C(=O)O)n1C. The summed E-state index contributed by atoms with van der Waals surface area (Å²) >= 11 is 0. The summed E-state index contributed by atoms with van der Waals surface area (Å²) in [6, 6.07) is 0.907. The smallest absolute Gasteiger partial charge is 0.354 e. The summed E-state index contributed by atoms with van der Waals surface area (Å²) in [4.78, 5) is 33.9. The molecule has 1 rings (SSSR count). The zero-order valence-corrected chi connectivity index (χ0v) is 14.4. The second-order valence-corrected chi connectivity index (χ2v) is 6.68. The van der Waals surface area contributed by atoms with E-state index in [1.165, 1.54) is 7.05 Å². The van der Waals surface area contributed by atoms with Gasteiger partial charge in [-0.15, -0.1) is 0 Å². The van der Waals surface area contributed by atoms with Crippen LogP contribution in [0.2, 0.25) is 0 Å². The first-order chi connectivity index (χ1) is 11.1. The Morgan fingerprint density at radius 3 is 2.38 bits per heavy atom. The van der Waals surface area contributed by atoms with Crippen LogP contribution in [-0.4, -0.2) is 67.6 Å². The molecule has 11 heteroatoms. The lowest BCUT2D eigenvalue weighted by Crippen LogP contribution is -2.33. The van der Waals surface area contributed by atoms with Crippen LogP contribution in [0.25, 0.3) is 0 Å². The van der Waals surface area contributed by atoms with Crippen LogP contribution in [0.1, 0.15) is 27.9 Å². The molecule has 0 saturated heterocycles. The molecule has 0 aliphatic carbocycles. The Morgan fingerprint density at radius 1 is 1.33 bits per heavy atom. The van der Waals surface area contributed by atoms with Crippen molar-refractivity contribution in [2.75, 3.05) is 27.3 Å². The van der Waals surface area contributed by atoms with E-state index in [0.29, 0.717) is 4.31 Å². The molecule has 0 aromatic carbocycles. The number of aromatic carboxylic acids is 1. The zero-order chi connectivity index (χ0) is 18.7. The van der Waals surface area contributed by atoms with Crippen LogP contribution in [0.5, 0.6) is 0 Å². The number of methoxy groups -OCH3 is 1. The molecule has 1 heterocycles. The molecule has 0 saturated carbocycles. The highest BCUT2D eigenvalue weighted by Gasteiger charge is 2.33. The minimum Gasteiger partial charge on any atom is -0.477 e. The molecule has 1 N–H and O–H groups in total. The van der Waals surface area contributed by atoms with E-state index in [4.69, 9.17) is 4.74 Å². The fraction of sp³-hybridized carbons (Fsp3) is 0.462. The predicted octanol–water partition coefficient (Wildman–Crippen LogP) is -0.306. The largest absolute Gasteiger partial charge is 0.477 e. The molecule has 10 nitrogen and oxygen atoms in total. The van der Waals surface area contributed by atoms with E-state index in [1.54, 1.807) is 6.92 Å². The first kappa shape index (κ1) is 19.6.